The van der Waals surface area contributed by atoms with Gasteiger partial charge in [-0.15, -0.1) is 11.3 Å². The molecule has 1 amide bonds. The number of nitrogens with one attached hydrogen (secondary N) is 2. The zero-order valence-electron chi connectivity index (χ0n) is 11.2. The molecule has 116 valence electrons. The van der Waals surface area contributed by atoms with Crippen LogP contribution >= 0.6 is 11.3 Å². The first kappa shape index (κ1) is 14.5. The predicted octanol–water partition coefficient (Wildman–Crippen LogP) is 3.07. The fourth-order valence-electron chi connectivity index (χ4n) is 2.19. The van der Waals surface area contributed by atoms with Gasteiger partial charge in [0.15, 0.2) is 0 Å². The third-order valence-corrected chi connectivity index (χ3v) is 4.72. The van der Waals surface area contributed by atoms with E-state index in [-0.39, 0.29) is 17.9 Å². The first-order chi connectivity index (χ1) is 9.85. The van der Waals surface area contributed by atoms with Crippen molar-refractivity contribution < 1.29 is 18.0 Å². The second kappa shape index (κ2) is 5.08. The van der Waals surface area contributed by atoms with Crippen LogP contribution in [0.25, 0.3) is 0 Å². The second-order valence-electron chi connectivity index (χ2n) is 5.58. The van der Waals surface area contributed by atoms with E-state index in [9.17, 15) is 18.0 Å². The summed E-state index contributed by atoms with van der Waals surface area (Å²) in [7, 11) is 0. The van der Waals surface area contributed by atoms with E-state index in [1.165, 1.54) is 0 Å². The lowest BCUT2D eigenvalue weighted by molar-refractivity contribution is -0.115. The summed E-state index contributed by atoms with van der Waals surface area (Å²) in [5, 5.41) is 5.60. The van der Waals surface area contributed by atoms with Crippen LogP contribution in [0.2, 0.25) is 0 Å². The molecule has 4 nitrogen and oxygen atoms in total. The average molecular weight is 319 g/mol. The maximum absolute atomic E-state index is 12.4. The molecule has 3 rings (SSSR count). The first-order valence-electron chi connectivity index (χ1n) is 6.89. The zero-order chi connectivity index (χ0) is 15.2. The van der Waals surface area contributed by atoms with Crippen LogP contribution in [-0.4, -0.2) is 24.7 Å². The molecule has 2 aliphatic rings. The number of carbonyl (C=O) groups excluding carboxylic acids is 1. The van der Waals surface area contributed by atoms with Gasteiger partial charge in [-0.05, 0) is 31.6 Å². The summed E-state index contributed by atoms with van der Waals surface area (Å²) < 4.78 is 37.1. The summed E-state index contributed by atoms with van der Waals surface area (Å²) in [6.07, 6.45) is -0.579. The van der Waals surface area contributed by atoms with Crippen LogP contribution in [0.1, 0.15) is 46.8 Å². The number of hydrogen-bond acceptors (Lipinski definition) is 4. The number of amides is 1. The predicted molar refractivity (Wildman–Crippen MR) is 75.7 cm³/mol. The number of nitrogen functional groups attached to an aromatic ring is 1. The van der Waals surface area contributed by atoms with Gasteiger partial charge in [-0.2, -0.15) is 13.2 Å². The molecule has 1 aromatic rings. The van der Waals surface area contributed by atoms with Crippen molar-refractivity contribution in [3.8, 4) is 0 Å². The minimum Gasteiger partial charge on any atom is -0.397 e. The highest BCUT2D eigenvalue weighted by Gasteiger charge is 2.35. The van der Waals surface area contributed by atoms with Crippen molar-refractivity contribution in [2.75, 3.05) is 17.6 Å². The van der Waals surface area contributed by atoms with Crippen LogP contribution < -0.4 is 16.4 Å². The summed E-state index contributed by atoms with van der Waals surface area (Å²) in [6, 6.07) is 0.190. The molecule has 0 unspecified atom stereocenters. The molecule has 2 saturated carbocycles. The molecule has 0 radical (unpaired) electrons. The van der Waals surface area contributed by atoms with Gasteiger partial charge in [0.25, 0.3) is 5.91 Å². The van der Waals surface area contributed by atoms with E-state index in [0.29, 0.717) is 21.1 Å². The van der Waals surface area contributed by atoms with Crippen LogP contribution in [0.4, 0.5) is 23.9 Å². The number of anilines is 2. The highest BCUT2D eigenvalue weighted by atomic mass is 32.1. The number of hydrogen-bond donors (Lipinski definition) is 3. The SMILES string of the molecule is Nc1c(C(=O)NC2CC2)sc(NCC(F)(F)F)c1C1CC1. The smallest absolute Gasteiger partial charge is 0.397 e. The third kappa shape index (κ3) is 3.42. The van der Waals surface area contributed by atoms with Crippen molar-refractivity contribution in [2.24, 2.45) is 0 Å². The Labute approximate surface area is 123 Å². The van der Waals surface area contributed by atoms with E-state index >= 15 is 0 Å². The van der Waals surface area contributed by atoms with E-state index in [1.54, 1.807) is 0 Å². The Balaban J connectivity index is 1.82. The molecule has 2 aliphatic carbocycles. The van der Waals surface area contributed by atoms with Gasteiger partial charge >= 0.3 is 6.18 Å². The quantitative estimate of drug-likeness (QED) is 0.781. The largest absolute Gasteiger partial charge is 0.405 e. The Bertz CT molecular complexity index is 562. The Hall–Kier alpha value is -1.44. The topological polar surface area (TPSA) is 67.2 Å². The minimum atomic E-state index is -4.30. The highest BCUT2D eigenvalue weighted by Crippen LogP contribution is 2.51. The zero-order valence-corrected chi connectivity index (χ0v) is 12.0. The minimum absolute atomic E-state index is 0.180. The van der Waals surface area contributed by atoms with Gasteiger partial charge in [-0.25, -0.2) is 0 Å². The molecule has 1 heterocycles. The van der Waals surface area contributed by atoms with Gasteiger partial charge in [0, 0.05) is 11.6 Å². The van der Waals surface area contributed by atoms with E-state index < -0.39 is 12.7 Å². The third-order valence-electron chi connectivity index (χ3n) is 3.54. The number of nitrogens with two attached hydrogens (primary N) is 1. The number of rotatable bonds is 5. The lowest BCUT2D eigenvalue weighted by Crippen LogP contribution is -2.25. The monoisotopic (exact) mass is 319 g/mol. The second-order valence-corrected chi connectivity index (χ2v) is 6.60. The summed E-state index contributed by atoms with van der Waals surface area (Å²) in [5.41, 5.74) is 7.03. The summed E-state index contributed by atoms with van der Waals surface area (Å²) in [6.45, 7) is -1.11. The maximum atomic E-state index is 12.4. The molecule has 1 aromatic heterocycles. The van der Waals surface area contributed by atoms with Gasteiger partial charge < -0.3 is 16.4 Å². The number of thiophene rings is 1. The molecule has 0 atom stereocenters. The molecule has 0 aromatic carbocycles. The van der Waals surface area contributed by atoms with E-state index in [0.717, 1.165) is 37.0 Å². The maximum Gasteiger partial charge on any atom is 0.405 e. The van der Waals surface area contributed by atoms with E-state index in [2.05, 4.69) is 10.6 Å². The van der Waals surface area contributed by atoms with Crippen LogP contribution in [0.3, 0.4) is 0 Å². The Morgan fingerprint density at radius 2 is 1.95 bits per heavy atom. The van der Waals surface area contributed by atoms with E-state index in [4.69, 9.17) is 5.73 Å². The summed E-state index contributed by atoms with van der Waals surface area (Å²) in [4.78, 5) is 12.4. The molecular formula is C13H16F3N3OS. The van der Waals surface area contributed by atoms with Crippen molar-refractivity contribution in [3.05, 3.63) is 10.4 Å². The van der Waals surface area contributed by atoms with Crippen molar-refractivity contribution in [3.63, 3.8) is 0 Å². The molecule has 4 N–H and O–H groups in total. The Kier molecular flexibility index (Phi) is 3.51. The average Bonchev–Trinajstić information content (AvgIpc) is 3.27. The standard InChI is InChI=1S/C13H16F3N3OS/c14-13(15,16)5-18-12-8(6-1-2-6)9(17)10(21-12)11(20)19-7-3-4-7/h6-7,18H,1-5,17H2,(H,19,20). The molecule has 2 fully saturated rings. The van der Waals surface area contributed by atoms with Crippen molar-refractivity contribution in [2.45, 2.75) is 43.8 Å². The van der Waals surface area contributed by atoms with Gasteiger partial charge in [-0.1, -0.05) is 0 Å². The fourth-order valence-corrected chi connectivity index (χ4v) is 3.30. The number of alkyl halides is 3. The Morgan fingerprint density at radius 1 is 1.29 bits per heavy atom. The van der Waals surface area contributed by atoms with Gasteiger partial charge in [0.1, 0.15) is 11.4 Å². The molecule has 8 heteroatoms. The van der Waals surface area contributed by atoms with Crippen LogP contribution in [0, 0.1) is 0 Å². The molecule has 0 bridgehead atoms. The normalized spacial score (nSPS) is 18.6. The summed E-state index contributed by atoms with van der Waals surface area (Å²) >= 11 is 1.02. The molecule has 0 aliphatic heterocycles. The fraction of sp³-hybridized carbons (Fsp3) is 0.615. The van der Waals surface area contributed by atoms with Crippen molar-refractivity contribution >= 4 is 27.9 Å². The summed E-state index contributed by atoms with van der Waals surface area (Å²) in [5.74, 6) is -0.0959. The van der Waals surface area contributed by atoms with E-state index in [1.807, 2.05) is 0 Å². The lowest BCUT2D eigenvalue weighted by atomic mass is 10.1. The molecule has 0 saturated heterocycles. The molecule has 0 spiro atoms. The van der Waals surface area contributed by atoms with Crippen LogP contribution in [0.15, 0.2) is 0 Å². The van der Waals surface area contributed by atoms with Gasteiger partial charge in [-0.3, -0.25) is 4.79 Å². The first-order valence-corrected chi connectivity index (χ1v) is 7.70. The van der Waals surface area contributed by atoms with Crippen LogP contribution in [0.5, 0.6) is 0 Å². The number of carbonyl (C=O) groups is 1. The Morgan fingerprint density at radius 3 is 2.48 bits per heavy atom. The highest BCUT2D eigenvalue weighted by molar-refractivity contribution is 7.18. The molecule has 21 heavy (non-hydrogen) atoms. The van der Waals surface area contributed by atoms with Crippen molar-refractivity contribution in [1.82, 2.24) is 5.32 Å². The van der Waals surface area contributed by atoms with Crippen LogP contribution in [-0.2, 0) is 0 Å². The number of halogens is 3. The van der Waals surface area contributed by atoms with Gasteiger partial charge in [0.05, 0.1) is 10.7 Å². The lowest BCUT2D eigenvalue weighted by Gasteiger charge is -2.09. The van der Waals surface area contributed by atoms with Gasteiger partial charge in [0.2, 0.25) is 0 Å². The molecular weight excluding hydrogens is 303 g/mol. The van der Waals surface area contributed by atoms with Crippen molar-refractivity contribution in [1.29, 1.82) is 0 Å².